The van der Waals surface area contributed by atoms with Crippen LogP contribution in [0.25, 0.3) is 0 Å². The molecule has 3 atom stereocenters. The summed E-state index contributed by atoms with van der Waals surface area (Å²) in [5, 5.41) is 10.4. The van der Waals surface area contributed by atoms with Crippen LogP contribution in [0.2, 0.25) is 0 Å². The highest BCUT2D eigenvalue weighted by Gasteiger charge is 2.20. The number of aliphatic hydroxyl groups is 1. The normalized spacial score (nSPS) is 32.7. The molecule has 0 saturated heterocycles. The molecule has 21 heavy (non-hydrogen) atoms. The molecule has 0 heterocycles. The van der Waals surface area contributed by atoms with Gasteiger partial charge in [0.05, 0.1) is 5.60 Å². The number of allylic oxidation sites excluding steroid dienone is 5. The van der Waals surface area contributed by atoms with Gasteiger partial charge in [-0.3, -0.25) is 0 Å². The van der Waals surface area contributed by atoms with Gasteiger partial charge in [0.1, 0.15) is 0 Å². The lowest BCUT2D eigenvalue weighted by Gasteiger charge is -2.25. The summed E-state index contributed by atoms with van der Waals surface area (Å²) in [6, 6.07) is 0. The summed E-state index contributed by atoms with van der Waals surface area (Å²) < 4.78 is 0. The number of rotatable bonds is 4. The van der Waals surface area contributed by atoms with Crippen molar-refractivity contribution in [3.8, 4) is 0 Å². The minimum absolute atomic E-state index is 0.573. The van der Waals surface area contributed by atoms with Gasteiger partial charge in [0.2, 0.25) is 0 Å². The van der Waals surface area contributed by atoms with Gasteiger partial charge >= 0.3 is 0 Å². The smallest absolute Gasteiger partial charge is 0.0802 e. The molecule has 0 aromatic heterocycles. The average molecular weight is 290 g/mol. The molecule has 0 spiro atoms. The highest BCUT2D eigenvalue weighted by Crippen LogP contribution is 2.28. The fourth-order valence-electron chi connectivity index (χ4n) is 2.94. The summed E-state index contributed by atoms with van der Waals surface area (Å²) in [6.07, 6.45) is 15.5. The van der Waals surface area contributed by atoms with Crippen molar-refractivity contribution in [1.29, 1.82) is 0 Å². The van der Waals surface area contributed by atoms with E-state index in [1.807, 2.05) is 13.0 Å². The standard InChI is InChI=1S/C20H34O/c1-16(2)8-6-10-18(4)19-12-11-17(3)9-7-14-20(5,21)15-13-19/h8-9,13,15,18-19,21H,6-7,10-12,14H2,1-5H3/b15-13+,17-9+/t18-,19+,20+/m1/s1. The fraction of sp³-hybridized carbons (Fsp3) is 0.700. The molecule has 1 aliphatic carbocycles. The third-order valence-corrected chi connectivity index (χ3v) is 4.62. The van der Waals surface area contributed by atoms with Gasteiger partial charge in [-0.05, 0) is 78.1 Å². The van der Waals surface area contributed by atoms with Gasteiger partial charge < -0.3 is 5.11 Å². The first-order valence-electron chi connectivity index (χ1n) is 8.51. The van der Waals surface area contributed by atoms with E-state index in [9.17, 15) is 5.11 Å². The molecule has 0 unspecified atom stereocenters. The van der Waals surface area contributed by atoms with Crippen molar-refractivity contribution in [3.05, 3.63) is 35.5 Å². The Kier molecular flexibility index (Phi) is 7.45. The SMILES string of the molecule is CC(C)=CCC[C@@H](C)[C@@H]1/C=C/[C@@](C)(O)CC/C=C(\C)CC1. The molecular formula is C20H34O. The van der Waals surface area contributed by atoms with Crippen molar-refractivity contribution in [3.63, 3.8) is 0 Å². The predicted octanol–water partition coefficient (Wildman–Crippen LogP) is 5.81. The first-order chi connectivity index (χ1) is 9.80. The van der Waals surface area contributed by atoms with E-state index in [4.69, 9.17) is 0 Å². The number of hydrogen-bond donors (Lipinski definition) is 1. The van der Waals surface area contributed by atoms with Crippen LogP contribution in [0, 0.1) is 11.8 Å². The Bertz CT molecular complexity index is 394. The van der Waals surface area contributed by atoms with Crippen molar-refractivity contribution in [2.45, 2.75) is 78.7 Å². The van der Waals surface area contributed by atoms with Gasteiger partial charge in [0.15, 0.2) is 0 Å². The molecule has 0 aliphatic heterocycles. The van der Waals surface area contributed by atoms with Crippen LogP contribution < -0.4 is 0 Å². The molecular weight excluding hydrogens is 256 g/mol. The van der Waals surface area contributed by atoms with Gasteiger partial charge in [0.25, 0.3) is 0 Å². The second kappa shape index (κ2) is 8.58. The maximum Gasteiger partial charge on any atom is 0.0802 e. The van der Waals surface area contributed by atoms with Crippen molar-refractivity contribution < 1.29 is 5.11 Å². The molecule has 0 aromatic carbocycles. The highest BCUT2D eigenvalue weighted by atomic mass is 16.3. The van der Waals surface area contributed by atoms with Gasteiger partial charge in [0, 0.05) is 0 Å². The largest absolute Gasteiger partial charge is 0.386 e. The summed E-state index contributed by atoms with van der Waals surface area (Å²) in [5.74, 6) is 1.24. The van der Waals surface area contributed by atoms with E-state index in [1.165, 1.54) is 36.8 Å². The lowest BCUT2D eigenvalue weighted by molar-refractivity contribution is 0.102. The van der Waals surface area contributed by atoms with Crippen LogP contribution in [0.1, 0.15) is 73.1 Å². The maximum absolute atomic E-state index is 10.4. The van der Waals surface area contributed by atoms with E-state index in [0.717, 1.165) is 12.8 Å². The third kappa shape index (κ3) is 7.66. The quantitative estimate of drug-likeness (QED) is 0.647. The molecule has 0 bridgehead atoms. The highest BCUT2D eigenvalue weighted by molar-refractivity contribution is 5.07. The zero-order valence-corrected chi connectivity index (χ0v) is 14.7. The number of hydrogen-bond acceptors (Lipinski definition) is 1. The zero-order valence-electron chi connectivity index (χ0n) is 14.7. The topological polar surface area (TPSA) is 20.2 Å². The predicted molar refractivity (Wildman–Crippen MR) is 93.3 cm³/mol. The molecule has 1 nitrogen and oxygen atoms in total. The second-order valence-electron chi connectivity index (χ2n) is 7.34. The van der Waals surface area contributed by atoms with Crippen molar-refractivity contribution >= 4 is 0 Å². The van der Waals surface area contributed by atoms with E-state index in [2.05, 4.69) is 45.9 Å². The van der Waals surface area contributed by atoms with E-state index in [-0.39, 0.29) is 0 Å². The molecule has 1 heteroatoms. The summed E-state index contributed by atoms with van der Waals surface area (Å²) in [6.45, 7) is 10.8. The lowest BCUT2D eigenvalue weighted by atomic mass is 9.83. The molecule has 1 aliphatic rings. The lowest BCUT2D eigenvalue weighted by Crippen LogP contribution is -2.22. The molecule has 0 amide bonds. The summed E-state index contributed by atoms with van der Waals surface area (Å²) in [4.78, 5) is 0. The molecule has 0 aromatic rings. The Morgan fingerprint density at radius 1 is 1.48 bits per heavy atom. The first-order valence-corrected chi connectivity index (χ1v) is 8.51. The van der Waals surface area contributed by atoms with Crippen LogP contribution in [0.4, 0.5) is 0 Å². The summed E-state index contributed by atoms with van der Waals surface area (Å²) in [7, 11) is 0. The molecule has 1 rings (SSSR count). The summed E-state index contributed by atoms with van der Waals surface area (Å²) >= 11 is 0. The van der Waals surface area contributed by atoms with Crippen molar-refractivity contribution in [2.24, 2.45) is 11.8 Å². The Morgan fingerprint density at radius 2 is 2.19 bits per heavy atom. The summed E-state index contributed by atoms with van der Waals surface area (Å²) in [5.41, 5.74) is 2.22. The Labute approximate surface area is 131 Å². The van der Waals surface area contributed by atoms with Gasteiger partial charge in [-0.2, -0.15) is 0 Å². The minimum Gasteiger partial charge on any atom is -0.386 e. The third-order valence-electron chi connectivity index (χ3n) is 4.62. The molecule has 1 N–H and O–H groups in total. The van der Waals surface area contributed by atoms with Crippen LogP contribution >= 0.6 is 0 Å². The Morgan fingerprint density at radius 3 is 2.86 bits per heavy atom. The van der Waals surface area contributed by atoms with Crippen molar-refractivity contribution in [1.82, 2.24) is 0 Å². The minimum atomic E-state index is -0.661. The Hall–Kier alpha value is -0.820. The van der Waals surface area contributed by atoms with Crippen molar-refractivity contribution in [2.75, 3.05) is 0 Å². The molecule has 0 saturated carbocycles. The van der Waals surface area contributed by atoms with E-state index in [1.54, 1.807) is 0 Å². The van der Waals surface area contributed by atoms with Crippen LogP contribution in [0.15, 0.2) is 35.5 Å². The molecule has 0 radical (unpaired) electrons. The van der Waals surface area contributed by atoms with E-state index >= 15 is 0 Å². The fourth-order valence-corrected chi connectivity index (χ4v) is 2.94. The van der Waals surface area contributed by atoms with E-state index in [0.29, 0.717) is 11.8 Å². The second-order valence-corrected chi connectivity index (χ2v) is 7.34. The van der Waals surface area contributed by atoms with Crippen LogP contribution in [0.3, 0.4) is 0 Å². The average Bonchev–Trinajstić information content (AvgIpc) is 2.37. The van der Waals surface area contributed by atoms with Gasteiger partial charge in [-0.1, -0.05) is 42.4 Å². The Balaban J connectivity index is 2.71. The van der Waals surface area contributed by atoms with Crippen LogP contribution in [0.5, 0.6) is 0 Å². The molecule has 0 fully saturated rings. The zero-order chi connectivity index (χ0) is 15.9. The van der Waals surface area contributed by atoms with Crippen LogP contribution in [-0.2, 0) is 0 Å². The maximum atomic E-state index is 10.4. The van der Waals surface area contributed by atoms with Gasteiger partial charge in [-0.25, -0.2) is 0 Å². The monoisotopic (exact) mass is 290 g/mol. The van der Waals surface area contributed by atoms with Crippen LogP contribution in [-0.4, -0.2) is 10.7 Å². The van der Waals surface area contributed by atoms with Gasteiger partial charge in [-0.15, -0.1) is 0 Å². The first kappa shape index (κ1) is 18.2. The molecule has 120 valence electrons. The van der Waals surface area contributed by atoms with E-state index < -0.39 is 5.60 Å².